The van der Waals surface area contributed by atoms with Crippen molar-refractivity contribution in [3.8, 4) is 0 Å². The van der Waals surface area contributed by atoms with Crippen molar-refractivity contribution < 1.29 is 33.8 Å². The van der Waals surface area contributed by atoms with Gasteiger partial charge in [0.25, 0.3) is 0 Å². The van der Waals surface area contributed by atoms with Gasteiger partial charge in [0.1, 0.15) is 12.1 Å². The third-order valence-electron chi connectivity index (χ3n) is 19.3. The number of esters is 1. The van der Waals surface area contributed by atoms with Crippen LogP contribution in [0.15, 0.2) is 41.5 Å². The summed E-state index contributed by atoms with van der Waals surface area (Å²) in [5, 5.41) is 17.7. The molecule has 1 aromatic rings. The zero-order valence-corrected chi connectivity index (χ0v) is 40.2. The summed E-state index contributed by atoms with van der Waals surface area (Å²) in [6.45, 7) is 24.3. The van der Waals surface area contributed by atoms with Crippen molar-refractivity contribution in [1.29, 1.82) is 0 Å². The van der Waals surface area contributed by atoms with Gasteiger partial charge in [0.05, 0.1) is 23.4 Å². The first-order valence-electron chi connectivity index (χ1n) is 23.7. The molecule has 0 aromatic heterocycles. The van der Waals surface area contributed by atoms with Crippen LogP contribution in [0.2, 0.25) is 0 Å². The van der Waals surface area contributed by atoms with E-state index in [1.807, 2.05) is 58.3 Å². The first-order chi connectivity index (χ1) is 28.7. The molecule has 3 N–H and O–H groups in total. The Morgan fingerprint density at radius 1 is 0.855 bits per heavy atom. The predicted molar refractivity (Wildman–Crippen MR) is 240 cm³/mol. The molecular weight excluding hydrogens is 779 g/mol. The number of carboxylic acid groups (broad SMARTS) is 1. The van der Waals surface area contributed by atoms with Crippen molar-refractivity contribution in [3.05, 3.63) is 47.0 Å². The van der Waals surface area contributed by atoms with Gasteiger partial charge in [-0.2, -0.15) is 0 Å². The maximum Gasteiger partial charge on any atom is 0.310 e. The van der Waals surface area contributed by atoms with E-state index in [1.165, 1.54) is 0 Å². The molecule has 10 nitrogen and oxygen atoms in total. The maximum atomic E-state index is 14.3. The lowest BCUT2D eigenvalue weighted by Crippen LogP contribution is -2.71. The van der Waals surface area contributed by atoms with E-state index in [9.17, 15) is 29.1 Å². The molecule has 0 bridgehead atoms. The summed E-state index contributed by atoms with van der Waals surface area (Å²) in [5.41, 5.74) is -1.32. The number of nitrogens with zero attached hydrogens (tertiary/aromatic N) is 1. The molecule has 62 heavy (non-hydrogen) atoms. The van der Waals surface area contributed by atoms with Crippen molar-refractivity contribution in [2.45, 2.75) is 158 Å². The van der Waals surface area contributed by atoms with Crippen molar-refractivity contribution in [2.75, 3.05) is 20.6 Å². The van der Waals surface area contributed by atoms with E-state index < -0.39 is 33.8 Å². The molecular formula is C52H77N3O7. The van der Waals surface area contributed by atoms with Gasteiger partial charge in [0, 0.05) is 6.42 Å². The van der Waals surface area contributed by atoms with Crippen LogP contribution in [-0.2, 0) is 35.3 Å². The smallest absolute Gasteiger partial charge is 0.310 e. The monoisotopic (exact) mass is 856 g/mol. The molecule has 0 radical (unpaired) electrons. The number of likely N-dealkylation sites (N-methyl/N-ethyl adjacent to an activating group) is 1. The molecule has 342 valence electrons. The van der Waals surface area contributed by atoms with Crippen LogP contribution in [-0.4, -0.2) is 71.3 Å². The Balaban J connectivity index is 1.16. The van der Waals surface area contributed by atoms with Gasteiger partial charge >= 0.3 is 11.9 Å². The van der Waals surface area contributed by atoms with E-state index in [4.69, 9.17) is 4.74 Å². The number of rotatable bonds is 11. The number of nitrogens with one attached hydrogen (secondary N) is 2. The lowest BCUT2D eigenvalue weighted by atomic mass is 9.30. The van der Waals surface area contributed by atoms with E-state index in [1.54, 1.807) is 18.7 Å². The first-order valence-corrected chi connectivity index (χ1v) is 23.7. The number of fused-ring (bicyclic) bond motifs is 7. The molecule has 6 aliphatic carbocycles. The molecule has 6 aliphatic rings. The lowest BCUT2D eigenvalue weighted by Gasteiger charge is -2.74. The number of allylic oxidation sites excluding steroid dienone is 1. The SMILES string of the molecule is CC(C)C1=C2[C@H]3CC[C@@H]4[C@]5(C)CC[C@H]([C@@]6(C(=O)O)C[C@@H](C(=O)OCc7ccccc7)C6(C)C)C(C)(C)[C@H]5CC[C@@]4(C)[C@]3(C)CC[C@@]2(NC(=O)C(C)(C)NC(=O)CN(C)C)CC1=O. The fourth-order valence-corrected chi connectivity index (χ4v) is 16.1. The van der Waals surface area contributed by atoms with E-state index in [0.29, 0.717) is 24.7 Å². The summed E-state index contributed by atoms with van der Waals surface area (Å²) in [6, 6.07) is 9.63. The summed E-state index contributed by atoms with van der Waals surface area (Å²) in [6.07, 6.45) is 7.79. The highest BCUT2D eigenvalue weighted by molar-refractivity contribution is 6.03. The number of benzene rings is 1. The lowest BCUT2D eigenvalue weighted by molar-refractivity contribution is -0.261. The quantitative estimate of drug-likeness (QED) is 0.188. The van der Waals surface area contributed by atoms with E-state index >= 15 is 0 Å². The number of carbonyl (C=O) groups is 5. The van der Waals surface area contributed by atoms with Crippen LogP contribution in [0.5, 0.6) is 0 Å². The van der Waals surface area contributed by atoms with Crippen LogP contribution >= 0.6 is 0 Å². The molecule has 5 fully saturated rings. The minimum Gasteiger partial charge on any atom is -0.481 e. The van der Waals surface area contributed by atoms with Gasteiger partial charge in [0.15, 0.2) is 5.78 Å². The number of ether oxygens (including phenoxy) is 1. The van der Waals surface area contributed by atoms with Crippen molar-refractivity contribution >= 4 is 29.5 Å². The second-order valence-electron chi connectivity index (χ2n) is 23.9. The summed E-state index contributed by atoms with van der Waals surface area (Å²) in [5.74, 6) is -1.20. The fourth-order valence-electron chi connectivity index (χ4n) is 16.1. The molecule has 5 saturated carbocycles. The number of hydrogen-bond donors (Lipinski definition) is 3. The molecule has 0 aliphatic heterocycles. The fraction of sp³-hybridized carbons (Fsp3) is 0.750. The highest BCUT2D eigenvalue weighted by Gasteiger charge is 2.76. The normalized spacial score (nSPS) is 38.2. The van der Waals surface area contributed by atoms with Gasteiger partial charge in [0.2, 0.25) is 11.8 Å². The largest absolute Gasteiger partial charge is 0.481 e. The number of amides is 2. The maximum absolute atomic E-state index is 14.3. The molecule has 0 heterocycles. The van der Waals surface area contributed by atoms with Crippen LogP contribution in [0, 0.1) is 68.0 Å². The van der Waals surface area contributed by atoms with Gasteiger partial charge in [-0.3, -0.25) is 24.0 Å². The van der Waals surface area contributed by atoms with Crippen molar-refractivity contribution in [1.82, 2.24) is 15.5 Å². The molecule has 2 amide bonds. The van der Waals surface area contributed by atoms with Crippen LogP contribution in [0.4, 0.5) is 0 Å². The molecule has 10 atom stereocenters. The topological polar surface area (TPSA) is 142 Å². The molecule has 10 heteroatoms. The number of carbonyl (C=O) groups excluding carboxylic acids is 4. The van der Waals surface area contributed by atoms with Gasteiger partial charge in [-0.05, 0) is 159 Å². The molecule has 0 unspecified atom stereocenters. The Morgan fingerprint density at radius 2 is 1.50 bits per heavy atom. The summed E-state index contributed by atoms with van der Waals surface area (Å²) >= 11 is 0. The summed E-state index contributed by atoms with van der Waals surface area (Å²) in [7, 11) is 3.64. The molecule has 1 aromatic carbocycles. The van der Waals surface area contributed by atoms with Gasteiger partial charge in [-0.25, -0.2) is 0 Å². The third kappa shape index (κ3) is 6.66. The van der Waals surface area contributed by atoms with Gasteiger partial charge < -0.3 is 25.4 Å². The number of hydrogen-bond acceptors (Lipinski definition) is 7. The third-order valence-corrected chi connectivity index (χ3v) is 19.3. The van der Waals surface area contributed by atoms with Crippen molar-refractivity contribution in [3.63, 3.8) is 0 Å². The highest BCUT2D eigenvalue weighted by Crippen LogP contribution is 2.79. The first kappa shape index (κ1) is 46.5. The zero-order chi connectivity index (χ0) is 45.8. The van der Waals surface area contributed by atoms with E-state index in [0.717, 1.165) is 61.7 Å². The molecule has 7 rings (SSSR count). The molecule has 0 saturated heterocycles. The average molecular weight is 856 g/mol. The Labute approximate surface area is 371 Å². The number of aliphatic carboxylic acids is 1. The highest BCUT2D eigenvalue weighted by atomic mass is 16.5. The predicted octanol–water partition coefficient (Wildman–Crippen LogP) is 8.77. The number of carboxylic acids is 1. The Kier molecular flexibility index (Phi) is 11.5. The summed E-state index contributed by atoms with van der Waals surface area (Å²) < 4.78 is 5.83. The Bertz CT molecular complexity index is 2040. The Hall–Kier alpha value is -3.53. The van der Waals surface area contributed by atoms with E-state index in [2.05, 4.69) is 59.1 Å². The summed E-state index contributed by atoms with van der Waals surface area (Å²) in [4.78, 5) is 70.5. The zero-order valence-electron chi connectivity index (χ0n) is 40.2. The van der Waals surface area contributed by atoms with Gasteiger partial charge in [-0.15, -0.1) is 0 Å². The standard InChI is InChI=1S/C52H77N3O7/c1-31(2)40-35(56)28-51(54-43(59)47(7,8)53-39(57)29-55(12)13)26-25-49(10)33(41(40)51)19-20-38-48(9)23-21-37(45(3,4)36(48)22-24-50(38,49)11)52(44(60)61)27-34(46(52,5)6)42(58)62-30-32-17-15-14-16-18-32/h14-18,31,33-34,36-38H,19-30H2,1-13H3,(H,53,57)(H,54,59)(H,60,61)/t33-,34+,36-,37+,38-,48-,49-,50-,51-,52-/m1/s1. The second kappa shape index (κ2) is 15.3. The van der Waals surface area contributed by atoms with Crippen LogP contribution < -0.4 is 10.6 Å². The average Bonchev–Trinajstić information content (AvgIpc) is 3.46. The second-order valence-corrected chi connectivity index (χ2v) is 23.9. The molecule has 0 spiro atoms. The van der Waals surface area contributed by atoms with Crippen LogP contribution in [0.3, 0.4) is 0 Å². The Morgan fingerprint density at radius 3 is 2.10 bits per heavy atom. The minimum absolute atomic E-state index is 0.0175. The number of Topliss-reactive ketones (excluding diaryl/α,β-unsaturated/α-hetero) is 1. The van der Waals surface area contributed by atoms with Crippen LogP contribution in [0.1, 0.15) is 146 Å². The van der Waals surface area contributed by atoms with Crippen LogP contribution in [0.25, 0.3) is 0 Å². The van der Waals surface area contributed by atoms with E-state index in [-0.39, 0.29) is 82.6 Å². The van der Waals surface area contributed by atoms with Crippen molar-refractivity contribution in [2.24, 2.45) is 68.0 Å². The number of ketones is 1. The minimum atomic E-state index is -1.17. The van der Waals surface area contributed by atoms with Gasteiger partial charge in [-0.1, -0.05) is 92.6 Å².